The third-order valence-corrected chi connectivity index (χ3v) is 6.24. The zero-order valence-electron chi connectivity index (χ0n) is 16.4. The van der Waals surface area contributed by atoms with Crippen LogP contribution in [0.5, 0.6) is 0 Å². The Balaban J connectivity index is 2.06. The van der Waals surface area contributed by atoms with Crippen molar-refractivity contribution in [3.8, 4) is 0 Å². The number of aliphatic imine (C=N–C) groups is 1. The van der Waals surface area contributed by atoms with Crippen LogP contribution in [0.15, 0.2) is 23.2 Å². The molecule has 0 heterocycles. The number of sulfone groups is 1. The number of nitrogens with one attached hydrogen (secondary N) is 2. The lowest BCUT2D eigenvalue weighted by atomic mass is 9.84. The van der Waals surface area contributed by atoms with Crippen molar-refractivity contribution in [1.82, 2.24) is 10.6 Å². The van der Waals surface area contributed by atoms with Gasteiger partial charge in [-0.25, -0.2) is 12.8 Å². The summed E-state index contributed by atoms with van der Waals surface area (Å²) < 4.78 is 36.5. The van der Waals surface area contributed by atoms with Gasteiger partial charge in [0.15, 0.2) is 5.96 Å². The van der Waals surface area contributed by atoms with E-state index in [-0.39, 0.29) is 22.4 Å². The first-order valence-electron chi connectivity index (χ1n) is 9.12. The standard InChI is InChI=1S/C19H29ClFN3O2S/c1-5-22-17(24-12-19(8-9-19)13-27(4,25)26)23-11-18(2,3)15-7-6-14(21)10-16(15)20/h6-7,10H,5,8-9,11-13H2,1-4H3,(H2,22,23,24). The minimum atomic E-state index is -3.00. The smallest absolute Gasteiger partial charge is 0.191 e. The van der Waals surface area contributed by atoms with Gasteiger partial charge in [0.25, 0.3) is 0 Å². The summed E-state index contributed by atoms with van der Waals surface area (Å²) in [6.07, 6.45) is 3.09. The highest BCUT2D eigenvalue weighted by molar-refractivity contribution is 7.90. The highest BCUT2D eigenvalue weighted by Crippen LogP contribution is 2.46. The van der Waals surface area contributed by atoms with Gasteiger partial charge in [0.1, 0.15) is 15.7 Å². The molecule has 1 saturated carbocycles. The van der Waals surface area contributed by atoms with Gasteiger partial charge in [-0.2, -0.15) is 0 Å². The van der Waals surface area contributed by atoms with E-state index < -0.39 is 9.84 Å². The second-order valence-electron chi connectivity index (χ2n) is 8.13. The van der Waals surface area contributed by atoms with Crippen molar-refractivity contribution in [3.63, 3.8) is 0 Å². The third-order valence-electron chi connectivity index (χ3n) is 4.79. The molecule has 1 aromatic carbocycles. The first-order chi connectivity index (χ1) is 12.5. The van der Waals surface area contributed by atoms with Crippen LogP contribution in [0.25, 0.3) is 0 Å². The summed E-state index contributed by atoms with van der Waals surface area (Å²) in [5.41, 5.74) is 0.275. The maximum Gasteiger partial charge on any atom is 0.191 e. The molecule has 0 spiro atoms. The molecular weight excluding hydrogens is 389 g/mol. The molecule has 0 aliphatic heterocycles. The lowest BCUT2D eigenvalue weighted by molar-refractivity contribution is 0.520. The molecule has 2 rings (SSSR count). The fourth-order valence-corrected chi connectivity index (χ4v) is 5.04. The van der Waals surface area contributed by atoms with Gasteiger partial charge in [-0.15, -0.1) is 0 Å². The Bertz CT molecular complexity index is 805. The molecular formula is C19H29ClFN3O2S. The topological polar surface area (TPSA) is 70.6 Å². The molecule has 152 valence electrons. The molecule has 0 aromatic heterocycles. The highest BCUT2D eigenvalue weighted by atomic mass is 35.5. The molecule has 8 heteroatoms. The summed E-state index contributed by atoms with van der Waals surface area (Å²) in [6, 6.07) is 4.41. The average Bonchev–Trinajstić information content (AvgIpc) is 3.27. The molecule has 0 atom stereocenters. The summed E-state index contributed by atoms with van der Waals surface area (Å²) in [5, 5.41) is 6.85. The molecule has 1 fully saturated rings. The van der Waals surface area contributed by atoms with Crippen molar-refractivity contribution in [2.24, 2.45) is 10.4 Å². The maximum atomic E-state index is 13.3. The van der Waals surface area contributed by atoms with Gasteiger partial charge in [-0.1, -0.05) is 31.5 Å². The predicted molar refractivity (Wildman–Crippen MR) is 110 cm³/mol. The van der Waals surface area contributed by atoms with E-state index in [1.165, 1.54) is 18.4 Å². The van der Waals surface area contributed by atoms with Crippen molar-refractivity contribution in [3.05, 3.63) is 34.6 Å². The third kappa shape index (κ3) is 6.64. The van der Waals surface area contributed by atoms with Crippen molar-refractivity contribution in [2.75, 3.05) is 31.6 Å². The Morgan fingerprint density at radius 2 is 2.00 bits per heavy atom. The Labute approximate surface area is 166 Å². The van der Waals surface area contributed by atoms with E-state index >= 15 is 0 Å². The minimum Gasteiger partial charge on any atom is -0.357 e. The summed E-state index contributed by atoms with van der Waals surface area (Å²) in [6.45, 7) is 7.71. The van der Waals surface area contributed by atoms with Crippen molar-refractivity contribution in [1.29, 1.82) is 0 Å². The summed E-state index contributed by atoms with van der Waals surface area (Å²) in [4.78, 5) is 4.64. The van der Waals surface area contributed by atoms with Crippen LogP contribution in [0.2, 0.25) is 5.02 Å². The van der Waals surface area contributed by atoms with E-state index in [2.05, 4.69) is 15.6 Å². The predicted octanol–water partition coefficient (Wildman–Crippen LogP) is 3.14. The maximum absolute atomic E-state index is 13.3. The fourth-order valence-electron chi connectivity index (χ4n) is 3.12. The lowest BCUT2D eigenvalue weighted by Gasteiger charge is -2.25. The molecule has 1 aromatic rings. The zero-order valence-corrected chi connectivity index (χ0v) is 18.0. The van der Waals surface area contributed by atoms with Crippen LogP contribution in [0.1, 0.15) is 39.2 Å². The summed E-state index contributed by atoms with van der Waals surface area (Å²) in [5.74, 6) is 0.477. The monoisotopic (exact) mass is 417 g/mol. The van der Waals surface area contributed by atoms with E-state index in [1.54, 1.807) is 6.07 Å². The largest absolute Gasteiger partial charge is 0.357 e. The van der Waals surface area contributed by atoms with Crippen LogP contribution in [-0.2, 0) is 15.3 Å². The summed E-state index contributed by atoms with van der Waals surface area (Å²) in [7, 11) is -3.00. The SMILES string of the molecule is CCNC(=NCC(C)(C)c1ccc(F)cc1Cl)NCC1(CS(C)(=O)=O)CC1. The molecule has 0 saturated heterocycles. The normalized spacial score (nSPS) is 16.9. The van der Waals surface area contributed by atoms with Crippen LogP contribution in [0.3, 0.4) is 0 Å². The Hall–Kier alpha value is -1.34. The number of benzene rings is 1. The van der Waals surface area contributed by atoms with Crippen molar-refractivity contribution in [2.45, 2.75) is 39.0 Å². The Morgan fingerprint density at radius 3 is 2.52 bits per heavy atom. The zero-order chi connectivity index (χ0) is 20.3. The van der Waals surface area contributed by atoms with Gasteiger partial charge in [-0.05, 0) is 37.5 Å². The van der Waals surface area contributed by atoms with Gasteiger partial charge < -0.3 is 10.6 Å². The first-order valence-corrected chi connectivity index (χ1v) is 11.6. The Morgan fingerprint density at radius 1 is 1.33 bits per heavy atom. The molecule has 5 nitrogen and oxygen atoms in total. The molecule has 1 aliphatic rings. The van der Waals surface area contributed by atoms with E-state index in [0.717, 1.165) is 18.4 Å². The molecule has 2 N–H and O–H groups in total. The van der Waals surface area contributed by atoms with E-state index in [0.29, 0.717) is 30.6 Å². The molecule has 0 bridgehead atoms. The lowest BCUT2D eigenvalue weighted by Crippen LogP contribution is -2.42. The molecule has 0 radical (unpaired) electrons. The van der Waals surface area contributed by atoms with Crippen LogP contribution in [0.4, 0.5) is 4.39 Å². The second kappa shape index (κ2) is 8.35. The van der Waals surface area contributed by atoms with Gasteiger partial charge in [-0.3, -0.25) is 4.99 Å². The minimum absolute atomic E-state index is 0.181. The van der Waals surface area contributed by atoms with Crippen LogP contribution >= 0.6 is 11.6 Å². The highest BCUT2D eigenvalue weighted by Gasteiger charge is 2.45. The number of hydrogen-bond acceptors (Lipinski definition) is 3. The number of hydrogen-bond donors (Lipinski definition) is 2. The quantitative estimate of drug-likeness (QED) is 0.503. The average molecular weight is 418 g/mol. The molecule has 1 aliphatic carbocycles. The van der Waals surface area contributed by atoms with Gasteiger partial charge in [0.05, 0.1) is 12.3 Å². The number of rotatable bonds is 8. The Kier molecular flexibility index (Phi) is 6.79. The van der Waals surface area contributed by atoms with Crippen molar-refractivity contribution >= 4 is 27.4 Å². The van der Waals surface area contributed by atoms with Crippen LogP contribution in [0, 0.1) is 11.2 Å². The van der Waals surface area contributed by atoms with E-state index in [4.69, 9.17) is 11.6 Å². The fraction of sp³-hybridized carbons (Fsp3) is 0.632. The molecule has 0 amide bonds. The second-order valence-corrected chi connectivity index (χ2v) is 10.7. The van der Waals surface area contributed by atoms with Crippen molar-refractivity contribution < 1.29 is 12.8 Å². The van der Waals surface area contributed by atoms with Gasteiger partial charge in [0.2, 0.25) is 0 Å². The number of guanidine groups is 1. The number of nitrogens with zero attached hydrogens (tertiary/aromatic N) is 1. The number of halogens is 2. The van der Waals surface area contributed by atoms with E-state index in [9.17, 15) is 12.8 Å². The van der Waals surface area contributed by atoms with Gasteiger partial charge in [0, 0.05) is 35.2 Å². The summed E-state index contributed by atoms with van der Waals surface area (Å²) >= 11 is 6.20. The molecule has 0 unspecified atom stereocenters. The molecule has 27 heavy (non-hydrogen) atoms. The van der Waals surface area contributed by atoms with Crippen LogP contribution < -0.4 is 10.6 Å². The van der Waals surface area contributed by atoms with Gasteiger partial charge >= 0.3 is 0 Å². The van der Waals surface area contributed by atoms with Crippen LogP contribution in [-0.4, -0.2) is 46.0 Å². The first kappa shape index (κ1) is 22.0. The van der Waals surface area contributed by atoms with E-state index in [1.807, 2.05) is 20.8 Å².